The first-order valence-corrected chi connectivity index (χ1v) is 24.7. The van der Waals surface area contributed by atoms with Gasteiger partial charge in [0.1, 0.15) is 19.8 Å². The minimum Gasteiger partial charge on any atom is -0.462 e. The molecule has 0 bridgehead atoms. The maximum Gasteiger partial charge on any atom is 0.472 e. The van der Waals surface area contributed by atoms with Gasteiger partial charge in [-0.25, -0.2) is 4.57 Å². The van der Waals surface area contributed by atoms with E-state index in [0.717, 1.165) is 70.6 Å². The first-order chi connectivity index (χ1) is 27.5. The molecule has 0 aliphatic carbocycles. The van der Waals surface area contributed by atoms with Crippen LogP contribution in [0.4, 0.5) is 0 Å². The lowest BCUT2D eigenvalue weighted by atomic mass is 10.1. The second-order valence-corrected chi connectivity index (χ2v) is 18.2. The fourth-order valence-corrected chi connectivity index (χ4v) is 6.96. The summed E-state index contributed by atoms with van der Waals surface area (Å²) >= 11 is 0. The number of hydrogen-bond donors (Lipinski definition) is 1. The van der Waals surface area contributed by atoms with E-state index >= 15 is 0 Å². The number of quaternary nitrogens is 1. The summed E-state index contributed by atoms with van der Waals surface area (Å²) in [6.45, 7) is 4.39. The summed E-state index contributed by atoms with van der Waals surface area (Å²) in [4.78, 5) is 35.4. The van der Waals surface area contributed by atoms with Gasteiger partial charge in [0.2, 0.25) is 0 Å². The highest BCUT2D eigenvalue weighted by molar-refractivity contribution is 7.47. The predicted octanol–water partition coefficient (Wildman–Crippen LogP) is 13.3. The van der Waals surface area contributed by atoms with Crippen molar-refractivity contribution in [2.24, 2.45) is 0 Å². The van der Waals surface area contributed by atoms with Crippen LogP contribution in [0.3, 0.4) is 0 Å². The van der Waals surface area contributed by atoms with E-state index < -0.39 is 26.5 Å². The van der Waals surface area contributed by atoms with Crippen molar-refractivity contribution >= 4 is 19.8 Å². The fourth-order valence-electron chi connectivity index (χ4n) is 6.21. The van der Waals surface area contributed by atoms with Gasteiger partial charge in [-0.15, -0.1) is 0 Å². The van der Waals surface area contributed by atoms with Crippen LogP contribution < -0.4 is 0 Å². The van der Waals surface area contributed by atoms with Crippen LogP contribution in [-0.4, -0.2) is 74.9 Å². The largest absolute Gasteiger partial charge is 0.472 e. The molecule has 0 aromatic carbocycles. The second kappa shape index (κ2) is 39.7. The number of carbonyl (C=O) groups excluding carboxylic acids is 2. The summed E-state index contributed by atoms with van der Waals surface area (Å²) in [7, 11) is 1.47. The van der Waals surface area contributed by atoms with Crippen molar-refractivity contribution < 1.29 is 42.1 Å². The summed E-state index contributed by atoms with van der Waals surface area (Å²) < 4.78 is 34.3. The van der Waals surface area contributed by atoms with Gasteiger partial charge in [-0.1, -0.05) is 153 Å². The van der Waals surface area contributed by atoms with Gasteiger partial charge in [0.25, 0.3) is 0 Å². The molecule has 0 amide bonds. The Bertz CT molecular complexity index is 1070. The SMILES string of the molecule is CCCCC/C=C\C/C=C\CCCCCCCCCC(=O)OC[C@H](COP(=O)(O)OCC[N+](C)(C)C)OC(=O)CCCCCCC/C=C\CCCCCCCCC. The maximum atomic E-state index is 12.7. The first kappa shape index (κ1) is 55.2. The number of esters is 2. The lowest BCUT2D eigenvalue weighted by molar-refractivity contribution is -0.870. The summed E-state index contributed by atoms with van der Waals surface area (Å²) in [6.07, 6.45) is 44.7. The van der Waals surface area contributed by atoms with E-state index in [0.29, 0.717) is 17.4 Å². The summed E-state index contributed by atoms with van der Waals surface area (Å²) in [5.74, 6) is -0.814. The molecule has 0 aliphatic rings. The molecule has 10 heteroatoms. The van der Waals surface area contributed by atoms with Crippen molar-refractivity contribution in [1.82, 2.24) is 0 Å². The molecule has 334 valence electrons. The number of nitrogens with zero attached hydrogens (tertiary/aromatic N) is 1. The van der Waals surface area contributed by atoms with Crippen molar-refractivity contribution in [1.29, 1.82) is 0 Å². The Labute approximate surface area is 351 Å². The van der Waals surface area contributed by atoms with Gasteiger partial charge >= 0.3 is 19.8 Å². The van der Waals surface area contributed by atoms with Crippen molar-refractivity contribution in [3.8, 4) is 0 Å². The molecule has 0 saturated carbocycles. The van der Waals surface area contributed by atoms with Crippen molar-refractivity contribution in [3.63, 3.8) is 0 Å². The highest BCUT2D eigenvalue weighted by atomic mass is 31.2. The zero-order chi connectivity index (χ0) is 42.1. The molecule has 2 atom stereocenters. The molecule has 0 radical (unpaired) electrons. The second-order valence-electron chi connectivity index (χ2n) is 16.8. The number of ether oxygens (including phenoxy) is 2. The molecule has 0 fully saturated rings. The minimum absolute atomic E-state index is 0.0287. The van der Waals surface area contributed by atoms with Crippen LogP contribution in [0.2, 0.25) is 0 Å². The van der Waals surface area contributed by atoms with Crippen LogP contribution in [0.15, 0.2) is 36.5 Å². The Morgan fingerprint density at radius 2 is 0.947 bits per heavy atom. The zero-order valence-electron chi connectivity index (χ0n) is 37.6. The zero-order valence-corrected chi connectivity index (χ0v) is 38.5. The average molecular weight is 827 g/mol. The highest BCUT2D eigenvalue weighted by Crippen LogP contribution is 2.43. The van der Waals surface area contributed by atoms with E-state index in [9.17, 15) is 19.0 Å². The van der Waals surface area contributed by atoms with E-state index in [1.807, 2.05) is 21.1 Å². The third kappa shape index (κ3) is 43.6. The molecule has 1 N–H and O–H groups in total. The van der Waals surface area contributed by atoms with Crippen LogP contribution in [0.25, 0.3) is 0 Å². The molecule has 9 nitrogen and oxygen atoms in total. The Balaban J connectivity index is 4.35. The molecule has 1 unspecified atom stereocenters. The number of likely N-dealkylation sites (N-methyl/N-ethyl adjacent to an activating group) is 1. The summed E-state index contributed by atoms with van der Waals surface area (Å²) in [5, 5.41) is 0. The third-order valence-corrected chi connectivity index (χ3v) is 10.9. The van der Waals surface area contributed by atoms with E-state index in [1.54, 1.807) is 0 Å². The Hall–Kier alpha value is -1.77. The molecular weight excluding hydrogens is 737 g/mol. The molecule has 0 aliphatic heterocycles. The van der Waals surface area contributed by atoms with Crippen molar-refractivity contribution in [3.05, 3.63) is 36.5 Å². The molecular formula is C47H89NO8P+. The number of phosphoric acid groups is 1. The first-order valence-electron chi connectivity index (χ1n) is 23.2. The van der Waals surface area contributed by atoms with Crippen LogP contribution in [0.5, 0.6) is 0 Å². The van der Waals surface area contributed by atoms with Crippen molar-refractivity contribution in [2.45, 2.75) is 206 Å². The lowest BCUT2D eigenvalue weighted by Crippen LogP contribution is -2.37. The molecule has 0 aromatic heterocycles. The topological polar surface area (TPSA) is 108 Å². The molecule has 0 saturated heterocycles. The number of rotatable bonds is 42. The number of unbranched alkanes of at least 4 members (excludes halogenated alkanes) is 22. The quantitative estimate of drug-likeness (QED) is 0.0213. The molecule has 0 aromatic rings. The number of phosphoric ester groups is 1. The number of carbonyl (C=O) groups is 2. The smallest absolute Gasteiger partial charge is 0.462 e. The van der Waals surface area contributed by atoms with E-state index in [4.69, 9.17) is 18.5 Å². The lowest BCUT2D eigenvalue weighted by Gasteiger charge is -2.24. The number of hydrogen-bond acceptors (Lipinski definition) is 7. The standard InChI is InChI=1S/C47H88NO8P/c1-6-8-10-12-14-16-18-20-22-24-26-27-29-31-33-35-37-39-46(49)53-43-45(44-55-57(51,52)54-42-41-48(3,4)5)56-47(50)40-38-36-34-32-30-28-25-23-21-19-17-15-13-11-9-7-2/h14,16,20,22-23,25,45H,6-13,15,17-19,21,24,26-44H2,1-5H3/p+1/b16-14-,22-20-,25-23-/t45-/m1/s1. The summed E-state index contributed by atoms with van der Waals surface area (Å²) in [6, 6.07) is 0. The monoisotopic (exact) mass is 827 g/mol. The van der Waals surface area contributed by atoms with Crippen LogP contribution in [-0.2, 0) is 32.7 Å². The van der Waals surface area contributed by atoms with Crippen molar-refractivity contribution in [2.75, 3.05) is 47.5 Å². The summed E-state index contributed by atoms with van der Waals surface area (Å²) in [5.41, 5.74) is 0. The predicted molar refractivity (Wildman–Crippen MR) is 238 cm³/mol. The molecule has 0 heterocycles. The van der Waals surface area contributed by atoms with E-state index in [1.165, 1.54) is 96.3 Å². The Morgan fingerprint density at radius 3 is 1.44 bits per heavy atom. The minimum atomic E-state index is -4.38. The fraction of sp³-hybridized carbons (Fsp3) is 0.830. The van der Waals surface area contributed by atoms with Gasteiger partial charge in [-0.3, -0.25) is 18.6 Å². The van der Waals surface area contributed by atoms with Gasteiger partial charge in [0.15, 0.2) is 6.10 Å². The van der Waals surface area contributed by atoms with Gasteiger partial charge in [0.05, 0.1) is 27.7 Å². The van der Waals surface area contributed by atoms with E-state index in [2.05, 4.69) is 50.3 Å². The average Bonchev–Trinajstić information content (AvgIpc) is 3.16. The number of allylic oxidation sites excluding steroid dienone is 6. The third-order valence-electron chi connectivity index (χ3n) is 9.89. The Kier molecular flexibility index (Phi) is 38.4. The maximum absolute atomic E-state index is 12.7. The Morgan fingerprint density at radius 1 is 0.544 bits per heavy atom. The molecule has 0 rings (SSSR count). The van der Waals surface area contributed by atoms with Crippen LogP contribution >= 0.6 is 7.82 Å². The van der Waals surface area contributed by atoms with Gasteiger partial charge in [-0.2, -0.15) is 0 Å². The van der Waals surface area contributed by atoms with Gasteiger partial charge in [-0.05, 0) is 70.6 Å². The van der Waals surface area contributed by atoms with E-state index in [-0.39, 0.29) is 32.0 Å². The highest BCUT2D eigenvalue weighted by Gasteiger charge is 2.27. The normalized spacial score (nSPS) is 13.9. The molecule has 0 spiro atoms. The van der Waals surface area contributed by atoms with Crippen LogP contribution in [0.1, 0.15) is 200 Å². The molecule has 57 heavy (non-hydrogen) atoms. The van der Waals surface area contributed by atoms with Gasteiger partial charge < -0.3 is 18.9 Å². The van der Waals surface area contributed by atoms with Crippen LogP contribution in [0, 0.1) is 0 Å². The van der Waals surface area contributed by atoms with Gasteiger partial charge in [0, 0.05) is 12.8 Å².